The summed E-state index contributed by atoms with van der Waals surface area (Å²) >= 11 is 0. The van der Waals surface area contributed by atoms with Gasteiger partial charge in [0, 0.05) is 6.04 Å². The van der Waals surface area contributed by atoms with Gasteiger partial charge in [-0.25, -0.2) is 0 Å². The summed E-state index contributed by atoms with van der Waals surface area (Å²) in [5.74, 6) is 3.00. The molecule has 2 rings (SSSR count). The lowest BCUT2D eigenvalue weighted by Crippen LogP contribution is -2.33. The molecule has 0 saturated heterocycles. The van der Waals surface area contributed by atoms with Crippen molar-refractivity contribution in [1.82, 2.24) is 5.32 Å². The molecule has 1 N–H and O–H groups in total. The molecule has 0 aromatic carbocycles. The van der Waals surface area contributed by atoms with E-state index in [4.69, 9.17) is 0 Å². The number of hydrogen-bond acceptors (Lipinski definition) is 1. The first-order valence-corrected chi connectivity index (χ1v) is 8.03. The van der Waals surface area contributed by atoms with Crippen LogP contribution in [0.25, 0.3) is 0 Å². The van der Waals surface area contributed by atoms with Crippen LogP contribution in [0.3, 0.4) is 0 Å². The van der Waals surface area contributed by atoms with E-state index in [1.807, 2.05) is 0 Å². The fourth-order valence-corrected chi connectivity index (χ4v) is 3.45. The highest BCUT2D eigenvalue weighted by Gasteiger charge is 2.29. The first kappa shape index (κ1) is 13.4. The van der Waals surface area contributed by atoms with Crippen molar-refractivity contribution in [1.29, 1.82) is 0 Å². The first-order valence-electron chi connectivity index (χ1n) is 8.03. The Balaban J connectivity index is 1.73. The molecule has 0 bridgehead atoms. The normalized spacial score (nSPS) is 33.9. The van der Waals surface area contributed by atoms with E-state index < -0.39 is 0 Å². The van der Waals surface area contributed by atoms with Crippen LogP contribution in [0.1, 0.15) is 71.6 Å². The van der Waals surface area contributed by atoms with Gasteiger partial charge in [-0.2, -0.15) is 0 Å². The van der Waals surface area contributed by atoms with E-state index in [0.717, 1.165) is 23.8 Å². The third-order valence-corrected chi connectivity index (χ3v) is 4.83. The smallest absolute Gasteiger partial charge is 0.00683 e. The van der Waals surface area contributed by atoms with Crippen molar-refractivity contribution in [3.05, 3.63) is 0 Å². The molecular weight excluding hydrogens is 206 g/mol. The Hall–Kier alpha value is -0.0400. The van der Waals surface area contributed by atoms with Crippen molar-refractivity contribution in [3.8, 4) is 0 Å². The average Bonchev–Trinajstić information content (AvgIpc) is 3.12. The summed E-state index contributed by atoms with van der Waals surface area (Å²) in [6, 6.07) is 0.894. The summed E-state index contributed by atoms with van der Waals surface area (Å²) in [5.41, 5.74) is 0. The molecule has 0 aromatic rings. The molecular formula is C16H31N. The molecule has 0 spiro atoms. The topological polar surface area (TPSA) is 12.0 Å². The Morgan fingerprint density at radius 2 is 1.82 bits per heavy atom. The number of rotatable bonds is 7. The van der Waals surface area contributed by atoms with Crippen molar-refractivity contribution >= 4 is 0 Å². The predicted octanol–water partition coefficient (Wildman–Crippen LogP) is 4.37. The molecule has 2 aliphatic rings. The summed E-state index contributed by atoms with van der Waals surface area (Å²) in [4.78, 5) is 0. The monoisotopic (exact) mass is 237 g/mol. The molecule has 3 atom stereocenters. The maximum absolute atomic E-state index is 3.76. The zero-order valence-electron chi connectivity index (χ0n) is 11.9. The van der Waals surface area contributed by atoms with Crippen LogP contribution in [0.2, 0.25) is 0 Å². The minimum absolute atomic E-state index is 0.894. The zero-order valence-corrected chi connectivity index (χ0v) is 11.9. The largest absolute Gasteiger partial charge is 0.314 e. The van der Waals surface area contributed by atoms with E-state index in [1.54, 1.807) is 0 Å². The number of nitrogens with one attached hydrogen (secondary N) is 1. The van der Waals surface area contributed by atoms with Gasteiger partial charge in [0.25, 0.3) is 0 Å². The molecule has 0 amide bonds. The average molecular weight is 237 g/mol. The fraction of sp³-hybridized carbons (Fsp3) is 1.00. The van der Waals surface area contributed by atoms with E-state index in [9.17, 15) is 0 Å². The third kappa shape index (κ3) is 4.62. The third-order valence-electron chi connectivity index (χ3n) is 4.83. The van der Waals surface area contributed by atoms with Crippen molar-refractivity contribution in [2.24, 2.45) is 17.8 Å². The molecule has 1 heteroatoms. The summed E-state index contributed by atoms with van der Waals surface area (Å²) < 4.78 is 0. The van der Waals surface area contributed by atoms with Gasteiger partial charge in [0.05, 0.1) is 0 Å². The summed E-state index contributed by atoms with van der Waals surface area (Å²) in [6.07, 6.45) is 13.1. The summed E-state index contributed by atoms with van der Waals surface area (Å²) in [6.45, 7) is 6.08. The Morgan fingerprint density at radius 1 is 1.00 bits per heavy atom. The van der Waals surface area contributed by atoms with Crippen molar-refractivity contribution < 1.29 is 0 Å². The fourth-order valence-electron chi connectivity index (χ4n) is 3.45. The van der Waals surface area contributed by atoms with Crippen LogP contribution < -0.4 is 5.32 Å². The highest BCUT2D eigenvalue weighted by molar-refractivity contribution is 4.85. The Labute approximate surface area is 108 Å². The summed E-state index contributed by atoms with van der Waals surface area (Å²) in [7, 11) is 0. The van der Waals surface area contributed by atoms with Crippen LogP contribution in [0.5, 0.6) is 0 Å². The van der Waals surface area contributed by atoms with E-state index in [1.165, 1.54) is 64.3 Å². The lowest BCUT2D eigenvalue weighted by molar-refractivity contribution is 0.171. The number of hydrogen-bond donors (Lipinski definition) is 1. The maximum atomic E-state index is 3.76. The van der Waals surface area contributed by atoms with Gasteiger partial charge in [0.1, 0.15) is 0 Å². The van der Waals surface area contributed by atoms with Gasteiger partial charge in [-0.1, -0.05) is 46.0 Å². The molecule has 2 fully saturated rings. The zero-order chi connectivity index (χ0) is 12.1. The van der Waals surface area contributed by atoms with Crippen LogP contribution >= 0.6 is 0 Å². The molecule has 2 saturated carbocycles. The Morgan fingerprint density at radius 3 is 2.53 bits per heavy atom. The van der Waals surface area contributed by atoms with E-state index in [2.05, 4.69) is 19.2 Å². The first-order chi connectivity index (χ1) is 8.29. The van der Waals surface area contributed by atoms with Crippen molar-refractivity contribution in [2.75, 3.05) is 6.54 Å². The van der Waals surface area contributed by atoms with Crippen LogP contribution in [0.15, 0.2) is 0 Å². The SMILES string of the molecule is CCCCCC1CC(C)CCC1CNC1CC1. The second-order valence-corrected chi connectivity index (χ2v) is 6.62. The van der Waals surface area contributed by atoms with Gasteiger partial charge in [0.15, 0.2) is 0 Å². The standard InChI is InChI=1S/C16H31N/c1-3-4-5-6-14-11-13(2)7-8-15(14)12-17-16-9-10-16/h13-17H,3-12H2,1-2H3. The van der Waals surface area contributed by atoms with Crippen LogP contribution in [0, 0.1) is 17.8 Å². The van der Waals surface area contributed by atoms with Crippen LogP contribution in [0.4, 0.5) is 0 Å². The lowest BCUT2D eigenvalue weighted by atomic mass is 9.72. The maximum Gasteiger partial charge on any atom is 0.00683 e. The van der Waals surface area contributed by atoms with Gasteiger partial charge >= 0.3 is 0 Å². The highest BCUT2D eigenvalue weighted by atomic mass is 14.9. The van der Waals surface area contributed by atoms with Crippen LogP contribution in [-0.2, 0) is 0 Å². The second-order valence-electron chi connectivity index (χ2n) is 6.62. The minimum Gasteiger partial charge on any atom is -0.314 e. The van der Waals surface area contributed by atoms with Crippen LogP contribution in [-0.4, -0.2) is 12.6 Å². The lowest BCUT2D eigenvalue weighted by Gasteiger charge is -2.35. The molecule has 0 aliphatic heterocycles. The molecule has 1 nitrogen and oxygen atoms in total. The molecule has 100 valence electrons. The predicted molar refractivity (Wildman–Crippen MR) is 75.2 cm³/mol. The van der Waals surface area contributed by atoms with E-state index >= 15 is 0 Å². The van der Waals surface area contributed by atoms with Crippen molar-refractivity contribution in [2.45, 2.75) is 77.7 Å². The second kappa shape index (κ2) is 6.78. The van der Waals surface area contributed by atoms with E-state index in [0.29, 0.717) is 0 Å². The highest BCUT2D eigenvalue weighted by Crippen LogP contribution is 2.37. The molecule has 0 aromatic heterocycles. The van der Waals surface area contributed by atoms with Gasteiger partial charge in [-0.3, -0.25) is 0 Å². The molecule has 0 heterocycles. The minimum atomic E-state index is 0.894. The van der Waals surface area contributed by atoms with Gasteiger partial charge in [0.2, 0.25) is 0 Å². The quantitative estimate of drug-likeness (QED) is 0.648. The van der Waals surface area contributed by atoms with Gasteiger partial charge < -0.3 is 5.32 Å². The number of unbranched alkanes of at least 4 members (excludes halogenated alkanes) is 2. The molecule has 2 aliphatic carbocycles. The summed E-state index contributed by atoms with van der Waals surface area (Å²) in [5, 5.41) is 3.76. The van der Waals surface area contributed by atoms with Gasteiger partial charge in [-0.05, 0) is 50.0 Å². The Bertz CT molecular complexity index is 210. The van der Waals surface area contributed by atoms with E-state index in [-0.39, 0.29) is 0 Å². The van der Waals surface area contributed by atoms with Gasteiger partial charge in [-0.15, -0.1) is 0 Å². The molecule has 17 heavy (non-hydrogen) atoms. The molecule has 3 unspecified atom stereocenters. The molecule has 0 radical (unpaired) electrons. The Kier molecular flexibility index (Phi) is 5.34. The van der Waals surface area contributed by atoms with Crippen molar-refractivity contribution in [3.63, 3.8) is 0 Å².